The predicted octanol–water partition coefficient (Wildman–Crippen LogP) is 0.880. The summed E-state index contributed by atoms with van der Waals surface area (Å²) in [4.78, 5) is 14.7. The van der Waals surface area contributed by atoms with Crippen molar-refractivity contribution in [2.45, 2.75) is 32.3 Å². The van der Waals surface area contributed by atoms with Crippen molar-refractivity contribution in [1.29, 1.82) is 0 Å². The highest BCUT2D eigenvalue weighted by Gasteiger charge is 2.26. The van der Waals surface area contributed by atoms with Gasteiger partial charge in [-0.2, -0.15) is 4.31 Å². The lowest BCUT2D eigenvalue weighted by molar-refractivity contribution is -0.141. The fraction of sp³-hybridized carbons (Fsp3) is 0.667. The minimum absolute atomic E-state index is 0.0572. The van der Waals surface area contributed by atoms with Crippen LogP contribution in [0.25, 0.3) is 0 Å². The van der Waals surface area contributed by atoms with Gasteiger partial charge in [-0.1, -0.05) is 20.8 Å². The number of nitrogens with zero attached hydrogens (tertiary/aromatic N) is 3. The largest absolute Gasteiger partial charge is 0.481 e. The molecule has 0 fully saturated rings. The van der Waals surface area contributed by atoms with E-state index in [0.29, 0.717) is 12.5 Å². The van der Waals surface area contributed by atoms with E-state index in [9.17, 15) is 13.2 Å². The van der Waals surface area contributed by atoms with Gasteiger partial charge in [0.15, 0.2) is 5.03 Å². The Morgan fingerprint density at radius 2 is 2.05 bits per heavy atom. The molecule has 0 saturated heterocycles. The van der Waals surface area contributed by atoms with Crippen LogP contribution < -0.4 is 0 Å². The summed E-state index contributed by atoms with van der Waals surface area (Å²) in [6.45, 7) is 6.10. The van der Waals surface area contributed by atoms with Gasteiger partial charge in [0.1, 0.15) is 0 Å². The van der Waals surface area contributed by atoms with E-state index >= 15 is 0 Å². The van der Waals surface area contributed by atoms with Crippen LogP contribution >= 0.6 is 0 Å². The van der Waals surface area contributed by atoms with Crippen molar-refractivity contribution in [2.75, 3.05) is 13.6 Å². The smallest absolute Gasteiger partial charge is 0.307 e. The summed E-state index contributed by atoms with van der Waals surface area (Å²) in [5.74, 6) is -1.42. The van der Waals surface area contributed by atoms with E-state index in [2.05, 4.69) is 4.98 Å². The van der Waals surface area contributed by atoms with Crippen LogP contribution in [-0.4, -0.2) is 46.9 Å². The second-order valence-electron chi connectivity index (χ2n) is 5.33. The number of aromatic nitrogens is 2. The molecule has 0 spiro atoms. The zero-order chi connectivity index (χ0) is 15.5. The molecular weight excluding hydrogens is 282 g/mol. The number of hydrogen-bond acceptors (Lipinski definition) is 4. The molecule has 1 aromatic rings. The molecule has 7 nitrogen and oxygen atoms in total. The van der Waals surface area contributed by atoms with Crippen molar-refractivity contribution >= 4 is 16.0 Å². The van der Waals surface area contributed by atoms with E-state index in [1.807, 2.05) is 13.8 Å². The third kappa shape index (κ3) is 4.04. The van der Waals surface area contributed by atoms with Gasteiger partial charge in [-0.3, -0.25) is 4.79 Å². The van der Waals surface area contributed by atoms with Gasteiger partial charge in [0.05, 0.1) is 12.2 Å². The van der Waals surface area contributed by atoms with Crippen molar-refractivity contribution in [3.8, 4) is 0 Å². The van der Waals surface area contributed by atoms with Crippen molar-refractivity contribution in [3.63, 3.8) is 0 Å². The summed E-state index contributed by atoms with van der Waals surface area (Å²) < 4.78 is 27.2. The summed E-state index contributed by atoms with van der Waals surface area (Å²) in [5, 5.41) is 8.77. The van der Waals surface area contributed by atoms with Crippen LogP contribution in [0, 0.1) is 11.8 Å². The Morgan fingerprint density at radius 1 is 1.45 bits per heavy atom. The molecule has 1 aromatic heterocycles. The summed E-state index contributed by atoms with van der Waals surface area (Å²) >= 11 is 0. The van der Waals surface area contributed by atoms with Gasteiger partial charge in [-0.05, 0) is 5.92 Å². The van der Waals surface area contributed by atoms with Crippen molar-refractivity contribution in [1.82, 2.24) is 13.9 Å². The predicted molar refractivity (Wildman–Crippen MR) is 73.7 cm³/mol. The van der Waals surface area contributed by atoms with Crippen LogP contribution in [0.3, 0.4) is 0 Å². The number of carboxylic acid groups (broad SMARTS) is 1. The molecule has 0 bridgehead atoms. The third-order valence-electron chi connectivity index (χ3n) is 2.81. The Morgan fingerprint density at radius 3 is 2.55 bits per heavy atom. The molecule has 0 saturated carbocycles. The number of sulfonamides is 1. The standard InChI is InChI=1S/C12H21N3O4S/c1-9(2)5-15-7-11(13-8-15)20(18,19)14(4)6-10(3)12(16)17/h7-10H,5-6H2,1-4H3,(H,16,17). The average molecular weight is 303 g/mol. The van der Waals surface area contributed by atoms with Crippen LogP contribution in [0.15, 0.2) is 17.6 Å². The number of carbonyl (C=O) groups is 1. The molecule has 0 aliphatic heterocycles. The topological polar surface area (TPSA) is 92.5 Å². The molecule has 8 heteroatoms. The average Bonchev–Trinajstić information content (AvgIpc) is 2.76. The number of carboxylic acids is 1. The Hall–Kier alpha value is -1.41. The minimum Gasteiger partial charge on any atom is -0.481 e. The lowest BCUT2D eigenvalue weighted by atomic mass is 10.2. The van der Waals surface area contributed by atoms with Crippen LogP contribution in [0.4, 0.5) is 0 Å². The van der Waals surface area contributed by atoms with Gasteiger partial charge in [0, 0.05) is 26.3 Å². The maximum Gasteiger partial charge on any atom is 0.307 e. The van der Waals surface area contributed by atoms with Crippen LogP contribution in [0.5, 0.6) is 0 Å². The Labute approximate surface area is 119 Å². The summed E-state index contributed by atoms with van der Waals surface area (Å²) in [7, 11) is -2.39. The highest BCUT2D eigenvalue weighted by atomic mass is 32.2. The van der Waals surface area contributed by atoms with Gasteiger partial charge < -0.3 is 9.67 Å². The fourth-order valence-electron chi connectivity index (χ4n) is 1.72. The first-order valence-corrected chi connectivity index (χ1v) is 7.79. The monoisotopic (exact) mass is 303 g/mol. The molecule has 1 atom stereocenters. The molecule has 0 radical (unpaired) electrons. The Balaban J connectivity index is 2.87. The van der Waals surface area contributed by atoms with Gasteiger partial charge in [0.25, 0.3) is 10.0 Å². The number of hydrogen-bond donors (Lipinski definition) is 1. The number of rotatable bonds is 7. The van der Waals surface area contributed by atoms with Crippen LogP contribution in [0.2, 0.25) is 0 Å². The van der Waals surface area contributed by atoms with Crippen molar-refractivity contribution < 1.29 is 18.3 Å². The van der Waals surface area contributed by atoms with Gasteiger partial charge in [-0.25, -0.2) is 13.4 Å². The SMILES string of the molecule is CC(C)Cn1cnc(S(=O)(=O)N(C)CC(C)C(=O)O)c1. The first-order valence-electron chi connectivity index (χ1n) is 6.35. The highest BCUT2D eigenvalue weighted by Crippen LogP contribution is 2.14. The molecule has 0 aliphatic carbocycles. The first kappa shape index (κ1) is 16.6. The Bertz CT molecular complexity index is 565. The second-order valence-corrected chi connectivity index (χ2v) is 7.32. The second kappa shape index (κ2) is 6.36. The van der Waals surface area contributed by atoms with E-state index < -0.39 is 21.9 Å². The lowest BCUT2D eigenvalue weighted by Crippen LogP contribution is -2.33. The fourth-order valence-corrected chi connectivity index (χ4v) is 2.90. The van der Waals surface area contributed by atoms with Crippen molar-refractivity contribution in [2.24, 2.45) is 11.8 Å². The van der Waals surface area contributed by atoms with E-state index in [-0.39, 0.29) is 11.6 Å². The summed E-state index contributed by atoms with van der Waals surface area (Å²) in [6, 6.07) is 0. The zero-order valence-electron chi connectivity index (χ0n) is 12.1. The zero-order valence-corrected chi connectivity index (χ0v) is 13.0. The summed E-state index contributed by atoms with van der Waals surface area (Å²) in [5.41, 5.74) is 0. The first-order chi connectivity index (χ1) is 9.14. The maximum absolute atomic E-state index is 12.2. The molecule has 1 unspecified atom stereocenters. The van der Waals surface area contributed by atoms with Crippen LogP contribution in [0.1, 0.15) is 20.8 Å². The molecule has 1 N–H and O–H groups in total. The molecule has 0 amide bonds. The highest BCUT2D eigenvalue weighted by molar-refractivity contribution is 7.89. The van der Waals surface area contributed by atoms with Crippen molar-refractivity contribution in [3.05, 3.63) is 12.5 Å². The number of aliphatic carboxylic acids is 1. The molecule has 114 valence electrons. The molecule has 0 aromatic carbocycles. The van der Waals surface area contributed by atoms with Gasteiger partial charge in [-0.15, -0.1) is 0 Å². The minimum atomic E-state index is -3.74. The van der Waals surface area contributed by atoms with E-state index in [1.165, 1.54) is 26.5 Å². The normalized spacial score (nSPS) is 13.9. The maximum atomic E-state index is 12.2. The van der Waals surface area contributed by atoms with E-state index in [1.54, 1.807) is 4.57 Å². The summed E-state index contributed by atoms with van der Waals surface area (Å²) in [6.07, 6.45) is 2.94. The van der Waals surface area contributed by atoms with E-state index in [0.717, 1.165) is 4.31 Å². The lowest BCUT2D eigenvalue weighted by Gasteiger charge is -2.17. The molecule has 1 heterocycles. The molecule has 0 aliphatic rings. The molecule has 1 rings (SSSR count). The molecular formula is C12H21N3O4S. The quantitative estimate of drug-likeness (QED) is 0.807. The van der Waals surface area contributed by atoms with Gasteiger partial charge in [0.2, 0.25) is 0 Å². The Kier molecular flexibility index (Phi) is 5.29. The number of imidazole rings is 1. The van der Waals surface area contributed by atoms with Crippen LogP contribution in [-0.2, 0) is 21.4 Å². The van der Waals surface area contributed by atoms with Gasteiger partial charge >= 0.3 is 5.97 Å². The third-order valence-corrected chi connectivity index (χ3v) is 4.52. The molecule has 20 heavy (non-hydrogen) atoms. The van der Waals surface area contributed by atoms with E-state index in [4.69, 9.17) is 5.11 Å².